The summed E-state index contributed by atoms with van der Waals surface area (Å²) in [5, 5.41) is 7.69. The molecule has 0 spiro atoms. The summed E-state index contributed by atoms with van der Waals surface area (Å²) in [5.41, 5.74) is 8.45. The molecule has 0 fully saturated rings. The summed E-state index contributed by atoms with van der Waals surface area (Å²) in [6.45, 7) is 3.91. The SMILES string of the molecule is CCCC(=N)c1ccc(N)c(C)n1. The Morgan fingerprint density at radius 1 is 1.54 bits per heavy atom. The first kappa shape index (κ1) is 9.71. The number of aryl methyl sites for hydroxylation is 1. The van der Waals surface area contributed by atoms with Gasteiger partial charge in [-0.3, -0.25) is 0 Å². The number of rotatable bonds is 3. The summed E-state index contributed by atoms with van der Waals surface area (Å²) < 4.78 is 0. The Hall–Kier alpha value is -1.38. The van der Waals surface area contributed by atoms with E-state index in [0.717, 1.165) is 24.2 Å². The van der Waals surface area contributed by atoms with Gasteiger partial charge in [-0.1, -0.05) is 13.3 Å². The lowest BCUT2D eigenvalue weighted by molar-refractivity contribution is 0.977. The first-order chi connectivity index (χ1) is 6.15. The van der Waals surface area contributed by atoms with Crippen LogP contribution in [0.25, 0.3) is 0 Å². The van der Waals surface area contributed by atoms with Crippen molar-refractivity contribution in [1.82, 2.24) is 4.98 Å². The Balaban J connectivity index is 2.90. The first-order valence-electron chi connectivity index (χ1n) is 4.46. The Labute approximate surface area is 78.5 Å². The summed E-state index contributed by atoms with van der Waals surface area (Å²) in [5.74, 6) is 0. The third kappa shape index (κ3) is 2.28. The molecule has 3 heteroatoms. The lowest BCUT2D eigenvalue weighted by Gasteiger charge is -2.04. The fourth-order valence-corrected chi connectivity index (χ4v) is 1.12. The minimum Gasteiger partial charge on any atom is -0.397 e. The summed E-state index contributed by atoms with van der Waals surface area (Å²) >= 11 is 0. The van der Waals surface area contributed by atoms with Crippen molar-refractivity contribution in [3.05, 3.63) is 23.5 Å². The van der Waals surface area contributed by atoms with Crippen LogP contribution in [-0.4, -0.2) is 10.7 Å². The molecule has 0 unspecified atom stereocenters. The van der Waals surface area contributed by atoms with Crippen LogP contribution in [0.2, 0.25) is 0 Å². The average Bonchev–Trinajstić information content (AvgIpc) is 2.10. The Morgan fingerprint density at radius 2 is 2.23 bits per heavy atom. The standard InChI is InChI=1S/C10H15N3/c1-3-4-9(12)10-6-5-8(11)7(2)13-10/h5-6,12H,3-4,11H2,1-2H3. The summed E-state index contributed by atoms with van der Waals surface area (Å²) in [7, 11) is 0. The number of aromatic nitrogens is 1. The lowest BCUT2D eigenvalue weighted by Crippen LogP contribution is -2.04. The van der Waals surface area contributed by atoms with Crippen molar-refractivity contribution < 1.29 is 0 Å². The van der Waals surface area contributed by atoms with E-state index >= 15 is 0 Å². The number of nitrogen functional groups attached to an aromatic ring is 1. The topological polar surface area (TPSA) is 62.8 Å². The maximum atomic E-state index is 7.69. The fourth-order valence-electron chi connectivity index (χ4n) is 1.12. The van der Waals surface area contributed by atoms with E-state index in [-0.39, 0.29) is 0 Å². The number of nitrogens with two attached hydrogens (primary N) is 1. The van der Waals surface area contributed by atoms with E-state index in [4.69, 9.17) is 11.1 Å². The summed E-state index contributed by atoms with van der Waals surface area (Å²) in [4.78, 5) is 4.24. The fraction of sp³-hybridized carbons (Fsp3) is 0.400. The van der Waals surface area contributed by atoms with Gasteiger partial charge in [0.25, 0.3) is 0 Å². The molecule has 0 aromatic carbocycles. The van der Waals surface area contributed by atoms with Gasteiger partial charge < -0.3 is 11.1 Å². The zero-order valence-corrected chi connectivity index (χ0v) is 8.09. The van der Waals surface area contributed by atoms with E-state index in [1.54, 1.807) is 6.07 Å². The highest BCUT2D eigenvalue weighted by Gasteiger charge is 2.03. The molecular formula is C10H15N3. The predicted octanol–water partition coefficient (Wildman–Crippen LogP) is 2.14. The van der Waals surface area contributed by atoms with Crippen LogP contribution in [0.1, 0.15) is 31.2 Å². The largest absolute Gasteiger partial charge is 0.397 e. The van der Waals surface area contributed by atoms with Gasteiger partial charge in [-0.15, -0.1) is 0 Å². The summed E-state index contributed by atoms with van der Waals surface area (Å²) in [6.07, 6.45) is 1.75. The van der Waals surface area contributed by atoms with E-state index in [1.165, 1.54) is 0 Å². The minimum atomic E-state index is 0.589. The average molecular weight is 177 g/mol. The number of nitrogens with one attached hydrogen (secondary N) is 1. The van der Waals surface area contributed by atoms with Gasteiger partial charge in [-0.05, 0) is 25.5 Å². The van der Waals surface area contributed by atoms with E-state index in [1.807, 2.05) is 13.0 Å². The van der Waals surface area contributed by atoms with E-state index < -0.39 is 0 Å². The molecule has 0 saturated carbocycles. The maximum Gasteiger partial charge on any atom is 0.0842 e. The van der Waals surface area contributed by atoms with Gasteiger partial charge in [-0.2, -0.15) is 0 Å². The second-order valence-electron chi connectivity index (χ2n) is 3.10. The molecule has 1 heterocycles. The molecule has 70 valence electrons. The number of hydrogen-bond acceptors (Lipinski definition) is 3. The van der Waals surface area contributed by atoms with Crippen LogP contribution in [0.4, 0.5) is 5.69 Å². The van der Waals surface area contributed by atoms with Gasteiger partial charge in [0.05, 0.1) is 22.8 Å². The van der Waals surface area contributed by atoms with Crippen molar-refractivity contribution >= 4 is 11.4 Å². The van der Waals surface area contributed by atoms with Crippen LogP contribution < -0.4 is 5.73 Å². The van der Waals surface area contributed by atoms with Crippen LogP contribution in [0.3, 0.4) is 0 Å². The Bertz CT molecular complexity index is 318. The molecule has 0 aliphatic carbocycles. The van der Waals surface area contributed by atoms with Gasteiger partial charge in [0.1, 0.15) is 0 Å². The molecule has 13 heavy (non-hydrogen) atoms. The zero-order valence-electron chi connectivity index (χ0n) is 8.09. The highest BCUT2D eigenvalue weighted by Crippen LogP contribution is 2.10. The monoisotopic (exact) mass is 177 g/mol. The number of pyridine rings is 1. The quantitative estimate of drug-likeness (QED) is 0.695. The molecule has 0 aliphatic rings. The Kier molecular flexibility index (Phi) is 3.01. The van der Waals surface area contributed by atoms with Crippen molar-refractivity contribution in [2.75, 3.05) is 5.73 Å². The van der Waals surface area contributed by atoms with Gasteiger partial charge >= 0.3 is 0 Å². The van der Waals surface area contributed by atoms with Crippen LogP contribution in [0, 0.1) is 12.3 Å². The molecule has 3 N–H and O–H groups in total. The molecule has 1 aromatic rings. The molecule has 1 rings (SSSR count). The Morgan fingerprint density at radius 3 is 2.77 bits per heavy atom. The van der Waals surface area contributed by atoms with Crippen LogP contribution >= 0.6 is 0 Å². The minimum absolute atomic E-state index is 0.589. The van der Waals surface area contributed by atoms with Crippen molar-refractivity contribution in [1.29, 1.82) is 5.41 Å². The van der Waals surface area contributed by atoms with Crippen LogP contribution in [0.15, 0.2) is 12.1 Å². The van der Waals surface area contributed by atoms with E-state index in [9.17, 15) is 0 Å². The van der Waals surface area contributed by atoms with Crippen molar-refractivity contribution in [3.8, 4) is 0 Å². The number of anilines is 1. The predicted molar refractivity (Wildman–Crippen MR) is 55.1 cm³/mol. The van der Waals surface area contributed by atoms with Crippen molar-refractivity contribution in [3.63, 3.8) is 0 Å². The van der Waals surface area contributed by atoms with Gasteiger partial charge in [0, 0.05) is 0 Å². The molecule has 1 aromatic heterocycles. The smallest absolute Gasteiger partial charge is 0.0842 e. The lowest BCUT2D eigenvalue weighted by atomic mass is 10.1. The highest BCUT2D eigenvalue weighted by molar-refractivity contribution is 5.96. The van der Waals surface area contributed by atoms with Gasteiger partial charge in [0.2, 0.25) is 0 Å². The van der Waals surface area contributed by atoms with Crippen LogP contribution in [0.5, 0.6) is 0 Å². The third-order valence-electron chi connectivity index (χ3n) is 1.94. The molecule has 0 amide bonds. The normalized spacial score (nSPS) is 10.0. The highest BCUT2D eigenvalue weighted by atomic mass is 14.8. The number of nitrogens with zero attached hydrogens (tertiary/aromatic N) is 1. The molecule has 0 bridgehead atoms. The summed E-state index contributed by atoms with van der Waals surface area (Å²) in [6, 6.07) is 3.61. The molecule has 0 saturated heterocycles. The second kappa shape index (κ2) is 4.03. The van der Waals surface area contributed by atoms with Gasteiger partial charge in [0.15, 0.2) is 0 Å². The van der Waals surface area contributed by atoms with E-state index in [2.05, 4.69) is 11.9 Å². The maximum absolute atomic E-state index is 7.69. The molecular weight excluding hydrogens is 162 g/mol. The number of hydrogen-bond donors (Lipinski definition) is 2. The van der Waals surface area contributed by atoms with Crippen molar-refractivity contribution in [2.24, 2.45) is 0 Å². The zero-order chi connectivity index (χ0) is 9.84. The van der Waals surface area contributed by atoms with Gasteiger partial charge in [-0.25, -0.2) is 4.98 Å². The van der Waals surface area contributed by atoms with E-state index in [0.29, 0.717) is 11.4 Å². The molecule has 0 aliphatic heterocycles. The third-order valence-corrected chi connectivity index (χ3v) is 1.94. The second-order valence-corrected chi connectivity index (χ2v) is 3.10. The molecule has 3 nitrogen and oxygen atoms in total. The van der Waals surface area contributed by atoms with Crippen molar-refractivity contribution in [2.45, 2.75) is 26.7 Å². The molecule has 0 atom stereocenters. The van der Waals surface area contributed by atoms with Crippen LogP contribution in [-0.2, 0) is 0 Å². The first-order valence-corrected chi connectivity index (χ1v) is 4.46. The molecule has 0 radical (unpaired) electrons.